The maximum absolute atomic E-state index is 5.87. The lowest BCUT2D eigenvalue weighted by molar-refractivity contribution is -0.241. The van der Waals surface area contributed by atoms with Gasteiger partial charge < -0.3 is 9.68 Å². The minimum atomic E-state index is -0.279. The number of hydrogen-bond acceptors (Lipinski definition) is 4. The second-order valence-corrected chi connectivity index (χ2v) is 15.1. The van der Waals surface area contributed by atoms with Gasteiger partial charge in [0, 0.05) is 22.3 Å². The van der Waals surface area contributed by atoms with Crippen LogP contribution in [0.2, 0.25) is 0 Å². The van der Waals surface area contributed by atoms with E-state index in [0.29, 0.717) is 0 Å². The monoisotopic (exact) mass is 632 g/mol. The smallest absolute Gasteiger partial charge is 0.0668 e. The molecule has 0 aromatic heterocycles. The molecule has 0 atom stereocenters. The Morgan fingerprint density at radius 2 is 0.729 bits per heavy atom. The molecule has 0 saturated carbocycles. The Balaban J connectivity index is 1.35. The fraction of sp³-hybridized carbons (Fsp3) is 0.318. The van der Waals surface area contributed by atoms with Crippen LogP contribution in [-0.4, -0.2) is 24.3 Å². The molecule has 0 amide bonds. The zero-order chi connectivity index (χ0) is 34.2. The molecule has 0 radical (unpaired) electrons. The number of hydroxylamine groups is 4. The van der Waals surface area contributed by atoms with Crippen molar-refractivity contribution in [3.8, 4) is 23.7 Å². The summed E-state index contributed by atoms with van der Waals surface area (Å²) < 4.78 is 0. The van der Waals surface area contributed by atoms with E-state index in [0.717, 1.165) is 43.8 Å². The summed E-state index contributed by atoms with van der Waals surface area (Å²) >= 11 is 0. The third kappa shape index (κ3) is 4.63. The van der Waals surface area contributed by atoms with E-state index in [1.165, 1.54) is 22.3 Å². The highest BCUT2D eigenvalue weighted by molar-refractivity contribution is 6.09. The van der Waals surface area contributed by atoms with Crippen LogP contribution in [0, 0.1) is 23.7 Å². The lowest BCUT2D eigenvalue weighted by Crippen LogP contribution is -2.44. The largest absolute Gasteiger partial charge is 0.301 e. The van der Waals surface area contributed by atoms with Crippen LogP contribution in [-0.2, 0) is 31.8 Å². The average molecular weight is 633 g/mol. The van der Waals surface area contributed by atoms with Gasteiger partial charge in [-0.15, -0.1) is 0 Å². The highest BCUT2D eigenvalue weighted by Crippen LogP contribution is 2.50. The van der Waals surface area contributed by atoms with Crippen molar-refractivity contribution < 1.29 is 9.68 Å². The molecule has 4 heteroatoms. The van der Waals surface area contributed by atoms with Crippen molar-refractivity contribution in [1.82, 2.24) is 10.1 Å². The first-order valence-electron chi connectivity index (χ1n) is 16.7. The topological polar surface area (TPSA) is 24.9 Å². The minimum absolute atomic E-state index is 0.236. The molecule has 2 heterocycles. The van der Waals surface area contributed by atoms with Crippen LogP contribution in [0.25, 0.3) is 21.5 Å². The van der Waals surface area contributed by atoms with Crippen molar-refractivity contribution in [1.29, 1.82) is 0 Å². The zero-order valence-electron chi connectivity index (χ0n) is 29.8. The molecule has 48 heavy (non-hydrogen) atoms. The molecule has 0 aliphatic carbocycles. The molecule has 5 aromatic rings. The highest BCUT2D eigenvalue weighted by atomic mass is 16.7. The van der Waals surface area contributed by atoms with Gasteiger partial charge in [-0.2, -0.15) is 10.1 Å². The van der Waals surface area contributed by atoms with Crippen LogP contribution in [0.3, 0.4) is 0 Å². The molecule has 5 aromatic carbocycles. The van der Waals surface area contributed by atoms with E-state index < -0.39 is 0 Å². The van der Waals surface area contributed by atoms with E-state index in [1.54, 1.807) is 14.2 Å². The summed E-state index contributed by atoms with van der Waals surface area (Å²) in [5.41, 5.74) is 8.01. The summed E-state index contributed by atoms with van der Waals surface area (Å²) in [6, 6.07) is 30.2. The van der Waals surface area contributed by atoms with E-state index in [2.05, 4.69) is 174 Å². The van der Waals surface area contributed by atoms with Crippen LogP contribution in [0.1, 0.15) is 99.9 Å². The lowest BCUT2D eigenvalue weighted by atomic mass is 9.88. The summed E-state index contributed by atoms with van der Waals surface area (Å²) in [5.74, 6) is 14.3. The molecule has 7 rings (SSSR count). The molecule has 0 spiro atoms. The van der Waals surface area contributed by atoms with E-state index in [1.807, 2.05) is 0 Å². The summed E-state index contributed by atoms with van der Waals surface area (Å²) in [5, 5.41) is 8.59. The predicted molar refractivity (Wildman–Crippen MR) is 196 cm³/mol. The first-order chi connectivity index (χ1) is 22.7. The van der Waals surface area contributed by atoms with Crippen molar-refractivity contribution >= 4 is 21.5 Å². The van der Waals surface area contributed by atoms with Crippen LogP contribution in [0.15, 0.2) is 84.9 Å². The Kier molecular flexibility index (Phi) is 7.41. The van der Waals surface area contributed by atoms with Crippen LogP contribution >= 0.6 is 0 Å². The van der Waals surface area contributed by atoms with Gasteiger partial charge in [-0.05, 0) is 123 Å². The van der Waals surface area contributed by atoms with Crippen molar-refractivity contribution in [2.24, 2.45) is 0 Å². The van der Waals surface area contributed by atoms with Gasteiger partial charge >= 0.3 is 0 Å². The average Bonchev–Trinajstić information content (AvgIpc) is 3.31. The molecule has 4 nitrogen and oxygen atoms in total. The molecule has 0 saturated heterocycles. The summed E-state index contributed by atoms with van der Waals surface area (Å²) in [7, 11) is 3.51. The number of fused-ring (bicyclic) bond motifs is 4. The van der Waals surface area contributed by atoms with E-state index in [-0.39, 0.29) is 22.2 Å². The summed E-state index contributed by atoms with van der Waals surface area (Å²) in [4.78, 5) is 11.7. The second-order valence-electron chi connectivity index (χ2n) is 15.1. The molecule has 2 aliphatic heterocycles. The fourth-order valence-electron chi connectivity index (χ4n) is 8.74. The Morgan fingerprint density at radius 1 is 0.417 bits per heavy atom. The van der Waals surface area contributed by atoms with Crippen LogP contribution in [0.4, 0.5) is 0 Å². The molecule has 0 unspecified atom stereocenters. The summed E-state index contributed by atoms with van der Waals surface area (Å²) in [6.07, 6.45) is 0. The first kappa shape index (κ1) is 32.1. The zero-order valence-corrected chi connectivity index (χ0v) is 29.8. The van der Waals surface area contributed by atoms with Gasteiger partial charge in [0.05, 0.1) is 36.4 Å². The number of benzene rings is 5. The van der Waals surface area contributed by atoms with Crippen molar-refractivity contribution in [3.63, 3.8) is 0 Å². The Morgan fingerprint density at radius 3 is 1.04 bits per heavy atom. The quantitative estimate of drug-likeness (QED) is 0.143. The Labute approximate surface area is 285 Å². The minimum Gasteiger partial charge on any atom is -0.301 e. The first-order valence-corrected chi connectivity index (χ1v) is 16.7. The number of rotatable bonds is 2. The normalized spacial score (nSPS) is 18.5. The van der Waals surface area contributed by atoms with E-state index >= 15 is 0 Å². The van der Waals surface area contributed by atoms with Crippen molar-refractivity contribution in [2.75, 3.05) is 14.2 Å². The van der Waals surface area contributed by atoms with Gasteiger partial charge in [-0.3, -0.25) is 0 Å². The fourth-order valence-corrected chi connectivity index (χ4v) is 8.74. The standard InChI is InChI=1S/C44H44N2O2/c1-41(2)37-25-21-29(27-39(37)43(5,6)45(41)47-9)19-23-35-31-15-11-13-17-33(31)36(34-18-14-12-16-32(34)35)24-20-30-22-26-38-40(28-30)44(7,8)46(48-10)42(38,3)4/h11-18,21-22,25-28H,1-10H3. The third-order valence-electron chi connectivity index (χ3n) is 10.7. The molecule has 0 N–H and O–H groups in total. The summed E-state index contributed by atoms with van der Waals surface area (Å²) in [6.45, 7) is 17.7. The third-order valence-corrected chi connectivity index (χ3v) is 10.7. The SMILES string of the molecule is CON1C(C)(C)c2ccc(C#Cc3c4ccccc4c(C#Cc4ccc5c(c4)C(C)(C)N(OC)C5(C)C)c4ccccc34)cc2C1(C)C. The van der Waals surface area contributed by atoms with E-state index in [9.17, 15) is 0 Å². The van der Waals surface area contributed by atoms with Crippen LogP contribution < -0.4 is 0 Å². The van der Waals surface area contributed by atoms with Gasteiger partial charge in [0.1, 0.15) is 0 Å². The van der Waals surface area contributed by atoms with Gasteiger partial charge in [0.15, 0.2) is 0 Å². The number of nitrogens with zero attached hydrogens (tertiary/aromatic N) is 2. The van der Waals surface area contributed by atoms with Crippen LogP contribution in [0.5, 0.6) is 0 Å². The molecule has 2 aliphatic rings. The second kappa shape index (κ2) is 11.1. The number of hydrogen-bond donors (Lipinski definition) is 0. The maximum atomic E-state index is 5.87. The molecule has 0 bridgehead atoms. The molecular formula is C44H44N2O2. The van der Waals surface area contributed by atoms with Crippen molar-refractivity contribution in [3.05, 3.63) is 129 Å². The van der Waals surface area contributed by atoms with Gasteiger partial charge in [0.25, 0.3) is 0 Å². The van der Waals surface area contributed by atoms with Crippen molar-refractivity contribution in [2.45, 2.75) is 77.5 Å². The molecular weight excluding hydrogens is 588 g/mol. The van der Waals surface area contributed by atoms with Gasteiger partial charge in [-0.25, -0.2) is 0 Å². The lowest BCUT2D eigenvalue weighted by Gasteiger charge is -2.38. The molecule has 0 fully saturated rings. The van der Waals surface area contributed by atoms with Gasteiger partial charge in [-0.1, -0.05) is 84.3 Å². The maximum Gasteiger partial charge on any atom is 0.0668 e. The predicted octanol–water partition coefficient (Wildman–Crippen LogP) is 9.49. The molecule has 242 valence electrons. The Bertz CT molecular complexity index is 2030. The van der Waals surface area contributed by atoms with E-state index in [4.69, 9.17) is 9.68 Å². The highest BCUT2D eigenvalue weighted by Gasteiger charge is 2.51. The Hall–Kier alpha value is -4.42. The van der Waals surface area contributed by atoms with Gasteiger partial charge in [0.2, 0.25) is 0 Å².